The molecule has 0 saturated carbocycles. The second kappa shape index (κ2) is 3.06. The first kappa shape index (κ1) is 8.91. The Kier molecular flexibility index (Phi) is 1.71. The quantitative estimate of drug-likeness (QED) is 0.619. The van der Waals surface area contributed by atoms with Crippen molar-refractivity contribution < 1.29 is 4.79 Å². The van der Waals surface area contributed by atoms with E-state index in [-0.39, 0.29) is 0 Å². The molecule has 1 heterocycles. The number of aromatic nitrogens is 2. The van der Waals surface area contributed by atoms with Crippen LogP contribution in [0.5, 0.6) is 0 Å². The first-order chi connectivity index (χ1) is 7.77. The lowest BCUT2D eigenvalue weighted by molar-refractivity contribution is 0.251. The first-order valence-corrected chi connectivity index (χ1v) is 4.92. The number of hydrogen-bond donors (Lipinski definition) is 1. The normalized spacial score (nSPS) is 11.0. The highest BCUT2D eigenvalue weighted by molar-refractivity contribution is 6.07. The average molecular weight is 211 g/mol. The molecule has 0 saturated heterocycles. The summed E-state index contributed by atoms with van der Waals surface area (Å²) in [6.07, 6.45) is 1.46. The van der Waals surface area contributed by atoms with Crippen LogP contribution in [0.4, 0.5) is 4.79 Å². The minimum absolute atomic E-state index is 0.515. The third kappa shape index (κ3) is 1.10. The summed E-state index contributed by atoms with van der Waals surface area (Å²) in [5, 5.41) is 2.05. The molecule has 78 valence electrons. The van der Waals surface area contributed by atoms with Crippen molar-refractivity contribution in [3.8, 4) is 0 Å². The van der Waals surface area contributed by atoms with Crippen LogP contribution in [0.3, 0.4) is 0 Å². The van der Waals surface area contributed by atoms with Crippen molar-refractivity contribution in [3.05, 3.63) is 42.7 Å². The van der Waals surface area contributed by atoms with Crippen LogP contribution in [0.1, 0.15) is 0 Å². The standard InChI is InChI=1S/C12H9N3O/c13-12(16)15-7-14-10-6-5-8-3-1-2-4-9(8)11(10)15/h1-7H,(H2,13,16). The van der Waals surface area contributed by atoms with Crippen LogP contribution in [0.25, 0.3) is 21.8 Å². The van der Waals surface area contributed by atoms with Gasteiger partial charge in [-0.3, -0.25) is 4.57 Å². The number of amides is 1. The van der Waals surface area contributed by atoms with E-state index < -0.39 is 6.03 Å². The van der Waals surface area contributed by atoms with Crippen LogP contribution in [0.15, 0.2) is 42.7 Å². The van der Waals surface area contributed by atoms with E-state index in [4.69, 9.17) is 5.73 Å². The van der Waals surface area contributed by atoms with Gasteiger partial charge < -0.3 is 5.73 Å². The smallest absolute Gasteiger partial charge is 0.324 e. The summed E-state index contributed by atoms with van der Waals surface area (Å²) in [6, 6.07) is 11.2. The Labute approximate surface area is 91.3 Å². The van der Waals surface area contributed by atoms with Gasteiger partial charge in [-0.05, 0) is 11.5 Å². The van der Waals surface area contributed by atoms with Gasteiger partial charge in [-0.2, -0.15) is 0 Å². The minimum atomic E-state index is -0.515. The number of imidazole rings is 1. The molecule has 0 spiro atoms. The van der Waals surface area contributed by atoms with Gasteiger partial charge in [-0.15, -0.1) is 0 Å². The largest absolute Gasteiger partial charge is 0.351 e. The van der Waals surface area contributed by atoms with E-state index in [1.54, 1.807) is 0 Å². The summed E-state index contributed by atoms with van der Waals surface area (Å²) < 4.78 is 1.37. The molecule has 1 aromatic heterocycles. The molecule has 2 N–H and O–H groups in total. The number of hydrogen-bond acceptors (Lipinski definition) is 2. The predicted octanol–water partition coefficient (Wildman–Crippen LogP) is 2.12. The number of rotatable bonds is 0. The lowest BCUT2D eigenvalue weighted by atomic mass is 10.1. The van der Waals surface area contributed by atoms with Crippen molar-refractivity contribution in [2.45, 2.75) is 0 Å². The highest BCUT2D eigenvalue weighted by Crippen LogP contribution is 2.24. The van der Waals surface area contributed by atoms with E-state index in [1.165, 1.54) is 10.9 Å². The van der Waals surface area contributed by atoms with Gasteiger partial charge in [-0.1, -0.05) is 30.3 Å². The van der Waals surface area contributed by atoms with Gasteiger partial charge in [0, 0.05) is 5.39 Å². The fraction of sp³-hybridized carbons (Fsp3) is 0. The van der Waals surface area contributed by atoms with Crippen molar-refractivity contribution in [1.29, 1.82) is 0 Å². The van der Waals surface area contributed by atoms with Gasteiger partial charge in [0.05, 0.1) is 11.0 Å². The zero-order chi connectivity index (χ0) is 11.1. The number of primary amides is 1. The van der Waals surface area contributed by atoms with Crippen molar-refractivity contribution >= 4 is 27.8 Å². The molecular weight excluding hydrogens is 202 g/mol. The molecule has 16 heavy (non-hydrogen) atoms. The predicted molar refractivity (Wildman–Crippen MR) is 62.2 cm³/mol. The fourth-order valence-electron chi connectivity index (χ4n) is 1.95. The van der Waals surface area contributed by atoms with Gasteiger partial charge >= 0.3 is 6.03 Å². The number of nitrogens with zero attached hydrogens (tertiary/aromatic N) is 2. The molecule has 0 radical (unpaired) electrons. The summed E-state index contributed by atoms with van der Waals surface area (Å²) in [5.74, 6) is 0. The number of nitrogens with two attached hydrogens (primary N) is 1. The number of fused-ring (bicyclic) bond motifs is 3. The zero-order valence-corrected chi connectivity index (χ0v) is 8.42. The summed E-state index contributed by atoms with van der Waals surface area (Å²) in [6.45, 7) is 0. The maximum Gasteiger partial charge on any atom is 0.324 e. The lowest BCUT2D eigenvalue weighted by Crippen LogP contribution is -2.18. The van der Waals surface area contributed by atoms with Crippen LogP contribution in [0.2, 0.25) is 0 Å². The van der Waals surface area contributed by atoms with E-state index >= 15 is 0 Å². The molecule has 2 aromatic carbocycles. The minimum Gasteiger partial charge on any atom is -0.351 e. The molecule has 0 aliphatic rings. The molecule has 0 aliphatic carbocycles. The SMILES string of the molecule is NC(=O)n1cnc2ccc3ccccc3c21. The Balaban J connectivity index is 2.56. The highest BCUT2D eigenvalue weighted by atomic mass is 16.2. The second-order valence-corrected chi connectivity index (χ2v) is 3.61. The van der Waals surface area contributed by atoms with Crippen LogP contribution < -0.4 is 5.73 Å². The van der Waals surface area contributed by atoms with Crippen molar-refractivity contribution in [2.24, 2.45) is 5.73 Å². The Bertz CT molecular complexity index is 700. The van der Waals surface area contributed by atoms with Gasteiger partial charge in [0.2, 0.25) is 0 Å². The Morgan fingerprint density at radius 3 is 2.81 bits per heavy atom. The first-order valence-electron chi connectivity index (χ1n) is 4.92. The van der Waals surface area contributed by atoms with Crippen LogP contribution in [-0.4, -0.2) is 15.6 Å². The van der Waals surface area contributed by atoms with Crippen molar-refractivity contribution in [2.75, 3.05) is 0 Å². The fourth-order valence-corrected chi connectivity index (χ4v) is 1.95. The molecule has 1 amide bonds. The molecule has 4 nitrogen and oxygen atoms in total. The Morgan fingerprint density at radius 2 is 2.00 bits per heavy atom. The topological polar surface area (TPSA) is 60.9 Å². The van der Waals surface area contributed by atoms with Crippen LogP contribution >= 0.6 is 0 Å². The monoisotopic (exact) mass is 211 g/mol. The van der Waals surface area contributed by atoms with Gasteiger partial charge in [0.15, 0.2) is 0 Å². The molecule has 0 fully saturated rings. The van der Waals surface area contributed by atoms with Crippen molar-refractivity contribution in [3.63, 3.8) is 0 Å². The lowest BCUT2D eigenvalue weighted by Gasteiger charge is -2.02. The Morgan fingerprint density at radius 1 is 1.19 bits per heavy atom. The van der Waals surface area contributed by atoms with E-state index in [1.807, 2.05) is 36.4 Å². The molecule has 3 aromatic rings. The molecule has 4 heteroatoms. The van der Waals surface area contributed by atoms with E-state index in [9.17, 15) is 4.79 Å². The molecule has 0 unspecified atom stereocenters. The number of benzene rings is 2. The number of carbonyl (C=O) groups excluding carboxylic acids is 1. The molecule has 0 aliphatic heterocycles. The van der Waals surface area contributed by atoms with E-state index in [2.05, 4.69) is 4.98 Å². The van der Waals surface area contributed by atoms with Crippen molar-refractivity contribution in [1.82, 2.24) is 9.55 Å². The van der Waals surface area contributed by atoms with Gasteiger partial charge in [0.1, 0.15) is 6.33 Å². The maximum atomic E-state index is 11.3. The number of carbonyl (C=O) groups is 1. The third-order valence-corrected chi connectivity index (χ3v) is 2.67. The summed E-state index contributed by atoms with van der Waals surface area (Å²) in [5.41, 5.74) is 6.84. The molecule has 3 rings (SSSR count). The van der Waals surface area contributed by atoms with E-state index in [0.717, 1.165) is 21.8 Å². The summed E-state index contributed by atoms with van der Waals surface area (Å²) >= 11 is 0. The molecular formula is C12H9N3O. The maximum absolute atomic E-state index is 11.3. The third-order valence-electron chi connectivity index (χ3n) is 2.67. The van der Waals surface area contributed by atoms with Crippen LogP contribution in [0, 0.1) is 0 Å². The zero-order valence-electron chi connectivity index (χ0n) is 8.42. The Hall–Kier alpha value is -2.36. The van der Waals surface area contributed by atoms with Gasteiger partial charge in [-0.25, -0.2) is 9.78 Å². The van der Waals surface area contributed by atoms with E-state index in [0.29, 0.717) is 0 Å². The second-order valence-electron chi connectivity index (χ2n) is 3.61. The summed E-state index contributed by atoms with van der Waals surface area (Å²) in [7, 11) is 0. The van der Waals surface area contributed by atoms with Gasteiger partial charge in [0.25, 0.3) is 0 Å². The van der Waals surface area contributed by atoms with Crippen LogP contribution in [-0.2, 0) is 0 Å². The molecule has 0 atom stereocenters. The molecule has 0 bridgehead atoms. The summed E-state index contributed by atoms with van der Waals surface area (Å²) in [4.78, 5) is 15.4. The average Bonchev–Trinajstić information content (AvgIpc) is 2.73. The highest BCUT2D eigenvalue weighted by Gasteiger charge is 2.09.